The molecule has 1 aliphatic heterocycles. The van der Waals surface area contributed by atoms with Crippen molar-refractivity contribution in [2.75, 3.05) is 6.54 Å². The molecule has 1 saturated heterocycles. The van der Waals surface area contributed by atoms with E-state index in [2.05, 4.69) is 31.4 Å². The Labute approximate surface area is 106 Å². The average Bonchev–Trinajstić information content (AvgIpc) is 2.37. The van der Waals surface area contributed by atoms with E-state index in [1.807, 2.05) is 0 Å². The Morgan fingerprint density at radius 1 is 1.24 bits per heavy atom. The van der Waals surface area contributed by atoms with Gasteiger partial charge in [0.05, 0.1) is 0 Å². The molecule has 0 spiro atoms. The summed E-state index contributed by atoms with van der Waals surface area (Å²) in [4.78, 5) is 12.1. The van der Waals surface area contributed by atoms with Crippen LogP contribution in [0.3, 0.4) is 0 Å². The minimum Gasteiger partial charge on any atom is -0.351 e. The molecule has 1 rings (SSSR count). The van der Waals surface area contributed by atoms with Crippen molar-refractivity contribution in [2.45, 2.75) is 77.3 Å². The van der Waals surface area contributed by atoms with Gasteiger partial charge in [-0.15, -0.1) is 0 Å². The zero-order chi connectivity index (χ0) is 12.7. The zero-order valence-electron chi connectivity index (χ0n) is 11.6. The molecule has 2 N–H and O–H groups in total. The highest BCUT2D eigenvalue weighted by Crippen LogP contribution is 2.20. The van der Waals surface area contributed by atoms with Crippen LogP contribution in [0, 0.1) is 0 Å². The van der Waals surface area contributed by atoms with E-state index in [1.165, 1.54) is 12.8 Å². The third-order valence-electron chi connectivity index (χ3n) is 4.28. The van der Waals surface area contributed by atoms with Crippen LogP contribution >= 0.6 is 0 Å². The molecule has 1 heterocycles. The van der Waals surface area contributed by atoms with Gasteiger partial charge < -0.3 is 10.6 Å². The van der Waals surface area contributed by atoms with E-state index in [1.54, 1.807) is 0 Å². The van der Waals surface area contributed by atoms with Crippen LogP contribution < -0.4 is 10.6 Å². The van der Waals surface area contributed by atoms with Crippen molar-refractivity contribution in [1.29, 1.82) is 0 Å². The number of hydrogen-bond acceptors (Lipinski definition) is 2. The summed E-state index contributed by atoms with van der Waals surface area (Å²) < 4.78 is 0. The van der Waals surface area contributed by atoms with Crippen molar-refractivity contribution in [3.8, 4) is 0 Å². The van der Waals surface area contributed by atoms with E-state index in [0.29, 0.717) is 12.5 Å². The normalized spacial score (nSPS) is 21.2. The van der Waals surface area contributed by atoms with Gasteiger partial charge in [-0.1, -0.05) is 27.2 Å². The first-order chi connectivity index (χ1) is 8.15. The van der Waals surface area contributed by atoms with Gasteiger partial charge in [0.15, 0.2) is 0 Å². The molecule has 1 fully saturated rings. The molecule has 17 heavy (non-hydrogen) atoms. The molecule has 1 unspecified atom stereocenters. The Morgan fingerprint density at radius 2 is 1.88 bits per heavy atom. The molecule has 1 atom stereocenters. The fourth-order valence-corrected chi connectivity index (χ4v) is 2.68. The Bertz CT molecular complexity index is 222. The quantitative estimate of drug-likeness (QED) is 0.749. The van der Waals surface area contributed by atoms with Crippen LogP contribution in [0.25, 0.3) is 0 Å². The lowest BCUT2D eigenvalue weighted by molar-refractivity contribution is -0.123. The Kier molecular flexibility index (Phi) is 5.96. The predicted octanol–water partition coefficient (Wildman–Crippen LogP) is 2.60. The van der Waals surface area contributed by atoms with Crippen LogP contribution in [0.5, 0.6) is 0 Å². The van der Waals surface area contributed by atoms with Gasteiger partial charge in [0.1, 0.15) is 0 Å². The fraction of sp³-hybridized carbons (Fsp3) is 0.929. The first-order valence-corrected chi connectivity index (χ1v) is 7.20. The van der Waals surface area contributed by atoms with E-state index in [0.717, 1.165) is 32.2 Å². The van der Waals surface area contributed by atoms with Gasteiger partial charge in [-0.25, -0.2) is 0 Å². The number of carbonyl (C=O) groups excluding carboxylic acids is 1. The smallest absolute Gasteiger partial charge is 0.221 e. The highest BCUT2D eigenvalue weighted by atomic mass is 16.1. The summed E-state index contributed by atoms with van der Waals surface area (Å²) in [6.45, 7) is 7.54. The lowest BCUT2D eigenvalue weighted by atomic mass is 9.89. The number of rotatable bonds is 6. The number of hydrogen-bond donors (Lipinski definition) is 2. The molecule has 0 radical (unpaired) electrons. The van der Waals surface area contributed by atoms with Crippen LogP contribution in [0.15, 0.2) is 0 Å². The second-order valence-electron chi connectivity index (χ2n) is 5.24. The van der Waals surface area contributed by atoms with Gasteiger partial charge in [-0.3, -0.25) is 4.79 Å². The van der Waals surface area contributed by atoms with Crippen LogP contribution in [0.4, 0.5) is 0 Å². The lowest BCUT2D eigenvalue weighted by Crippen LogP contribution is -2.49. The highest BCUT2D eigenvalue weighted by molar-refractivity contribution is 5.77. The monoisotopic (exact) mass is 240 g/mol. The summed E-state index contributed by atoms with van der Waals surface area (Å²) >= 11 is 0. The summed E-state index contributed by atoms with van der Waals surface area (Å²) in [5, 5.41) is 6.68. The van der Waals surface area contributed by atoms with Gasteiger partial charge in [0.25, 0.3) is 0 Å². The van der Waals surface area contributed by atoms with Gasteiger partial charge in [-0.2, -0.15) is 0 Å². The molecule has 0 aromatic rings. The predicted molar refractivity (Wildman–Crippen MR) is 72.0 cm³/mol. The van der Waals surface area contributed by atoms with Crippen LogP contribution in [0.2, 0.25) is 0 Å². The molecule has 100 valence electrons. The minimum atomic E-state index is 0.0196. The van der Waals surface area contributed by atoms with Crippen LogP contribution in [-0.2, 0) is 4.79 Å². The summed E-state index contributed by atoms with van der Waals surface area (Å²) in [7, 11) is 0. The first-order valence-electron chi connectivity index (χ1n) is 7.20. The molecule has 3 heteroatoms. The van der Waals surface area contributed by atoms with Crippen molar-refractivity contribution in [3.63, 3.8) is 0 Å². The third-order valence-corrected chi connectivity index (χ3v) is 4.28. The Balaban J connectivity index is 2.41. The highest BCUT2D eigenvalue weighted by Gasteiger charge is 2.27. The summed E-state index contributed by atoms with van der Waals surface area (Å²) in [5.74, 6) is 0.218. The largest absolute Gasteiger partial charge is 0.351 e. The molecule has 1 amide bonds. The second-order valence-corrected chi connectivity index (χ2v) is 5.24. The number of amides is 1. The van der Waals surface area contributed by atoms with Crippen LogP contribution in [0.1, 0.15) is 65.7 Å². The van der Waals surface area contributed by atoms with Crippen LogP contribution in [-0.4, -0.2) is 24.0 Å². The average molecular weight is 240 g/mol. The van der Waals surface area contributed by atoms with E-state index in [4.69, 9.17) is 0 Å². The lowest BCUT2D eigenvalue weighted by Gasteiger charge is -2.33. The molecule has 3 nitrogen and oxygen atoms in total. The molecule has 0 aliphatic carbocycles. The number of piperidine rings is 1. The second kappa shape index (κ2) is 7.00. The van der Waals surface area contributed by atoms with E-state index >= 15 is 0 Å². The maximum atomic E-state index is 12.1. The van der Waals surface area contributed by atoms with Crippen molar-refractivity contribution in [1.82, 2.24) is 10.6 Å². The zero-order valence-corrected chi connectivity index (χ0v) is 11.6. The Morgan fingerprint density at radius 3 is 2.35 bits per heavy atom. The molecule has 0 saturated carbocycles. The first kappa shape index (κ1) is 14.5. The molecular weight excluding hydrogens is 212 g/mol. The number of carbonyl (C=O) groups is 1. The van der Waals surface area contributed by atoms with Gasteiger partial charge in [-0.05, 0) is 38.6 Å². The number of nitrogens with one attached hydrogen (secondary N) is 2. The van der Waals surface area contributed by atoms with Gasteiger partial charge >= 0.3 is 0 Å². The molecule has 0 aromatic carbocycles. The molecule has 1 aliphatic rings. The van der Waals surface area contributed by atoms with E-state index < -0.39 is 0 Å². The van der Waals surface area contributed by atoms with Gasteiger partial charge in [0.2, 0.25) is 5.91 Å². The maximum absolute atomic E-state index is 12.1. The van der Waals surface area contributed by atoms with Gasteiger partial charge in [0, 0.05) is 18.0 Å². The third kappa shape index (κ3) is 4.30. The fourth-order valence-electron chi connectivity index (χ4n) is 2.68. The summed E-state index contributed by atoms with van der Waals surface area (Å²) in [6.07, 6.45) is 7.34. The topological polar surface area (TPSA) is 41.1 Å². The van der Waals surface area contributed by atoms with Crippen molar-refractivity contribution >= 4 is 5.91 Å². The minimum absolute atomic E-state index is 0.0196. The SMILES string of the molecule is CCC(CC)(CC)NC(=O)CC1CCCCN1. The van der Waals surface area contributed by atoms with E-state index in [9.17, 15) is 4.79 Å². The maximum Gasteiger partial charge on any atom is 0.221 e. The van der Waals surface area contributed by atoms with Crippen molar-refractivity contribution < 1.29 is 4.79 Å². The molecule has 0 aromatic heterocycles. The standard InChI is InChI=1S/C14H28N2O/c1-4-14(5-2,6-3)16-13(17)11-12-9-7-8-10-15-12/h12,15H,4-11H2,1-3H3,(H,16,17). The van der Waals surface area contributed by atoms with E-state index in [-0.39, 0.29) is 11.4 Å². The Hall–Kier alpha value is -0.570. The summed E-state index contributed by atoms with van der Waals surface area (Å²) in [5.41, 5.74) is 0.0196. The van der Waals surface area contributed by atoms with Crippen molar-refractivity contribution in [2.24, 2.45) is 0 Å². The molecule has 0 bridgehead atoms. The summed E-state index contributed by atoms with van der Waals surface area (Å²) in [6, 6.07) is 0.395. The van der Waals surface area contributed by atoms with Crippen molar-refractivity contribution in [3.05, 3.63) is 0 Å². The molecular formula is C14H28N2O.